The Hall–Kier alpha value is -0.160. The van der Waals surface area contributed by atoms with E-state index in [-0.39, 0.29) is 18.1 Å². The Kier molecular flexibility index (Phi) is 2.55. The molecule has 4 heteroatoms. The first kappa shape index (κ1) is 9.40. The van der Waals surface area contributed by atoms with E-state index in [9.17, 15) is 10.2 Å². The van der Waals surface area contributed by atoms with Gasteiger partial charge >= 0.3 is 0 Å². The fourth-order valence-corrected chi connectivity index (χ4v) is 2.05. The molecule has 1 atom stereocenters. The van der Waals surface area contributed by atoms with Gasteiger partial charge in [-0.2, -0.15) is 0 Å². The Morgan fingerprint density at radius 2 is 2.23 bits per heavy atom. The van der Waals surface area contributed by atoms with Crippen molar-refractivity contribution in [3.05, 3.63) is 0 Å². The van der Waals surface area contributed by atoms with Crippen molar-refractivity contribution in [1.29, 1.82) is 0 Å². The van der Waals surface area contributed by atoms with Gasteiger partial charge in [-0.25, -0.2) is 0 Å². The molecule has 0 aromatic heterocycles. The summed E-state index contributed by atoms with van der Waals surface area (Å²) in [6.07, 6.45) is 0.694. The molecule has 13 heavy (non-hydrogen) atoms. The van der Waals surface area contributed by atoms with Crippen LogP contribution in [0.15, 0.2) is 0 Å². The van der Waals surface area contributed by atoms with Gasteiger partial charge in [-0.15, -0.1) is 0 Å². The maximum Gasteiger partial charge on any atom is 0.0679 e. The minimum atomic E-state index is -0.170. The molecule has 0 aromatic rings. The van der Waals surface area contributed by atoms with Gasteiger partial charge in [-0.1, -0.05) is 0 Å². The van der Waals surface area contributed by atoms with Crippen molar-refractivity contribution in [2.45, 2.75) is 12.5 Å². The molecule has 2 aliphatic rings. The van der Waals surface area contributed by atoms with Crippen LogP contribution in [0.3, 0.4) is 0 Å². The van der Waals surface area contributed by atoms with Crippen LogP contribution in [0.1, 0.15) is 6.42 Å². The van der Waals surface area contributed by atoms with Crippen LogP contribution in [0.2, 0.25) is 0 Å². The summed E-state index contributed by atoms with van der Waals surface area (Å²) in [5.74, 6) is 0. The molecule has 1 unspecified atom stereocenters. The third kappa shape index (κ3) is 1.86. The number of nitrogens with zero attached hydrogens (tertiary/aromatic N) is 1. The van der Waals surface area contributed by atoms with Crippen molar-refractivity contribution in [1.82, 2.24) is 4.90 Å². The molecule has 2 saturated heterocycles. The smallest absolute Gasteiger partial charge is 0.0679 e. The van der Waals surface area contributed by atoms with E-state index in [1.54, 1.807) is 0 Å². The molecule has 2 N–H and O–H groups in total. The summed E-state index contributed by atoms with van der Waals surface area (Å²) in [6.45, 7) is 4.08. The second-order valence-corrected chi connectivity index (χ2v) is 4.33. The van der Waals surface area contributed by atoms with E-state index >= 15 is 0 Å². The molecule has 0 aliphatic carbocycles. The van der Waals surface area contributed by atoms with Crippen LogP contribution in [0, 0.1) is 5.41 Å². The summed E-state index contributed by atoms with van der Waals surface area (Å²) >= 11 is 0. The van der Waals surface area contributed by atoms with E-state index < -0.39 is 0 Å². The molecule has 2 rings (SSSR count). The Labute approximate surface area is 78.1 Å². The lowest BCUT2D eigenvalue weighted by Crippen LogP contribution is -2.53. The molecule has 0 aromatic carbocycles. The number of rotatable bonds is 3. The first-order chi connectivity index (χ1) is 6.24. The van der Waals surface area contributed by atoms with Crippen molar-refractivity contribution < 1.29 is 14.9 Å². The predicted molar refractivity (Wildman–Crippen MR) is 47.4 cm³/mol. The van der Waals surface area contributed by atoms with Crippen molar-refractivity contribution in [3.63, 3.8) is 0 Å². The van der Waals surface area contributed by atoms with Gasteiger partial charge in [0.1, 0.15) is 0 Å². The molecular weight excluding hydrogens is 170 g/mol. The highest BCUT2D eigenvalue weighted by atomic mass is 16.5. The summed E-state index contributed by atoms with van der Waals surface area (Å²) in [4.78, 5) is 2.21. The number of aliphatic hydroxyl groups excluding tert-OH is 2. The summed E-state index contributed by atoms with van der Waals surface area (Å²) in [7, 11) is 0. The van der Waals surface area contributed by atoms with E-state index in [0.717, 1.165) is 26.1 Å². The lowest BCUT2D eigenvalue weighted by Gasteiger charge is -2.42. The molecular formula is C9H17NO3. The van der Waals surface area contributed by atoms with E-state index in [0.29, 0.717) is 13.2 Å². The quantitative estimate of drug-likeness (QED) is 0.599. The van der Waals surface area contributed by atoms with Gasteiger partial charge in [-0.05, 0) is 6.42 Å². The van der Waals surface area contributed by atoms with Crippen LogP contribution in [-0.4, -0.2) is 60.7 Å². The highest BCUT2D eigenvalue weighted by Gasteiger charge is 2.40. The maximum atomic E-state index is 9.32. The van der Waals surface area contributed by atoms with Crippen LogP contribution in [0.4, 0.5) is 0 Å². The molecule has 0 amide bonds. The number of hydrogen-bond acceptors (Lipinski definition) is 4. The van der Waals surface area contributed by atoms with E-state index in [1.165, 1.54) is 0 Å². The molecule has 2 aliphatic heterocycles. The number of ether oxygens (including phenoxy) is 1. The van der Waals surface area contributed by atoms with Gasteiger partial charge in [0.25, 0.3) is 0 Å². The zero-order chi connectivity index (χ0) is 9.31. The van der Waals surface area contributed by atoms with Gasteiger partial charge < -0.3 is 14.9 Å². The van der Waals surface area contributed by atoms with Crippen LogP contribution in [0.5, 0.6) is 0 Å². The van der Waals surface area contributed by atoms with Crippen molar-refractivity contribution >= 4 is 0 Å². The van der Waals surface area contributed by atoms with Gasteiger partial charge in [0, 0.05) is 19.6 Å². The third-order valence-electron chi connectivity index (χ3n) is 2.96. The zero-order valence-corrected chi connectivity index (χ0v) is 7.78. The van der Waals surface area contributed by atoms with Gasteiger partial charge in [0.05, 0.1) is 31.3 Å². The SMILES string of the molecule is OCC1(CN2CCC(O)C2)COC1. The van der Waals surface area contributed by atoms with Crippen molar-refractivity contribution in [3.8, 4) is 0 Å². The van der Waals surface area contributed by atoms with Gasteiger partial charge in [0.15, 0.2) is 0 Å². The molecule has 0 radical (unpaired) electrons. The molecule has 2 fully saturated rings. The van der Waals surface area contributed by atoms with Crippen LogP contribution >= 0.6 is 0 Å². The molecule has 0 spiro atoms. The first-order valence-electron chi connectivity index (χ1n) is 4.83. The van der Waals surface area contributed by atoms with Crippen LogP contribution in [0.25, 0.3) is 0 Å². The Morgan fingerprint density at radius 1 is 1.46 bits per heavy atom. The largest absolute Gasteiger partial charge is 0.396 e. The Morgan fingerprint density at radius 3 is 2.62 bits per heavy atom. The van der Waals surface area contributed by atoms with Crippen LogP contribution in [-0.2, 0) is 4.74 Å². The fraction of sp³-hybridized carbons (Fsp3) is 1.00. The second-order valence-electron chi connectivity index (χ2n) is 4.33. The summed E-state index contributed by atoms with van der Waals surface area (Å²) in [5, 5.41) is 18.5. The highest BCUT2D eigenvalue weighted by molar-refractivity contribution is 4.90. The van der Waals surface area contributed by atoms with Crippen molar-refractivity contribution in [2.75, 3.05) is 39.5 Å². The van der Waals surface area contributed by atoms with Crippen LogP contribution < -0.4 is 0 Å². The molecule has 0 bridgehead atoms. The summed E-state index contributed by atoms with van der Waals surface area (Å²) in [5.41, 5.74) is -0.0376. The van der Waals surface area contributed by atoms with E-state index in [2.05, 4.69) is 4.90 Å². The van der Waals surface area contributed by atoms with Gasteiger partial charge in [0.2, 0.25) is 0 Å². The van der Waals surface area contributed by atoms with E-state index in [4.69, 9.17) is 4.74 Å². The average Bonchev–Trinajstić information content (AvgIpc) is 2.44. The standard InChI is InChI=1S/C9H17NO3/c11-5-9(6-13-7-9)4-10-2-1-8(12)3-10/h8,11-12H,1-7H2. The molecule has 2 heterocycles. The third-order valence-corrected chi connectivity index (χ3v) is 2.96. The summed E-state index contributed by atoms with van der Waals surface area (Å²) < 4.78 is 5.12. The Balaban J connectivity index is 1.83. The highest BCUT2D eigenvalue weighted by Crippen LogP contribution is 2.29. The number of β-amino-alcohol motifs (C(OH)–C–C–N with tert-alkyl or cyclic N) is 1. The predicted octanol–water partition coefficient (Wildman–Crippen LogP) is -0.938. The fourth-order valence-electron chi connectivity index (χ4n) is 2.05. The zero-order valence-electron chi connectivity index (χ0n) is 7.78. The second kappa shape index (κ2) is 3.53. The number of likely N-dealkylation sites (tertiary alicyclic amines) is 1. The lowest BCUT2D eigenvalue weighted by molar-refractivity contribution is -0.147. The minimum absolute atomic E-state index is 0.0376. The minimum Gasteiger partial charge on any atom is -0.396 e. The maximum absolute atomic E-state index is 9.32. The van der Waals surface area contributed by atoms with Crippen molar-refractivity contribution in [2.24, 2.45) is 5.41 Å². The number of hydrogen-bond donors (Lipinski definition) is 2. The topological polar surface area (TPSA) is 52.9 Å². The molecule has 4 nitrogen and oxygen atoms in total. The molecule has 0 saturated carbocycles. The lowest BCUT2D eigenvalue weighted by atomic mass is 9.86. The average molecular weight is 187 g/mol. The van der Waals surface area contributed by atoms with E-state index in [1.807, 2.05) is 0 Å². The number of aliphatic hydroxyl groups is 2. The molecule has 76 valence electrons. The Bertz CT molecular complexity index is 176. The summed E-state index contributed by atoms with van der Waals surface area (Å²) in [6, 6.07) is 0. The monoisotopic (exact) mass is 187 g/mol. The normalized spacial score (nSPS) is 33.2. The van der Waals surface area contributed by atoms with Gasteiger partial charge in [-0.3, -0.25) is 4.90 Å². The first-order valence-corrected chi connectivity index (χ1v) is 4.83.